The second kappa shape index (κ2) is 5.35. The van der Waals surface area contributed by atoms with Crippen molar-refractivity contribution in [3.8, 4) is 11.3 Å². The zero-order chi connectivity index (χ0) is 13.3. The molecule has 0 fully saturated rings. The molecule has 0 atom stereocenters. The van der Waals surface area contributed by atoms with Gasteiger partial charge in [-0.2, -0.15) is 0 Å². The minimum Gasteiger partial charge on any atom is -0.378 e. The third-order valence-electron chi connectivity index (χ3n) is 2.54. The highest BCUT2D eigenvalue weighted by atomic mass is 35.5. The molecule has 1 aromatic heterocycles. The molecule has 0 bridgehead atoms. The van der Waals surface area contributed by atoms with Crippen molar-refractivity contribution in [2.24, 2.45) is 0 Å². The van der Waals surface area contributed by atoms with Crippen molar-refractivity contribution < 1.29 is 0 Å². The van der Waals surface area contributed by atoms with Gasteiger partial charge in [0.25, 0.3) is 0 Å². The molecule has 0 aliphatic rings. The predicted octanol–water partition coefficient (Wildman–Crippen LogP) is 4.77. The van der Waals surface area contributed by atoms with Crippen LogP contribution in [0.2, 0.25) is 15.2 Å². The van der Waals surface area contributed by atoms with Crippen LogP contribution in [-0.4, -0.2) is 19.1 Å². The van der Waals surface area contributed by atoms with E-state index in [0.29, 0.717) is 15.7 Å². The Morgan fingerprint density at radius 1 is 0.944 bits per heavy atom. The van der Waals surface area contributed by atoms with Crippen LogP contribution in [-0.2, 0) is 0 Å². The number of hydrogen-bond donors (Lipinski definition) is 0. The normalized spacial score (nSPS) is 10.5. The summed E-state index contributed by atoms with van der Waals surface area (Å²) in [4.78, 5) is 6.23. The maximum atomic E-state index is 6.12. The number of aromatic nitrogens is 1. The summed E-state index contributed by atoms with van der Waals surface area (Å²) in [5.41, 5.74) is 2.65. The quantitative estimate of drug-likeness (QED) is 0.742. The fourth-order valence-electron chi connectivity index (χ4n) is 1.56. The molecule has 0 radical (unpaired) electrons. The van der Waals surface area contributed by atoms with Crippen molar-refractivity contribution in [3.63, 3.8) is 0 Å². The van der Waals surface area contributed by atoms with Gasteiger partial charge in [0.05, 0.1) is 15.7 Å². The molecule has 0 unspecified atom stereocenters. The van der Waals surface area contributed by atoms with Crippen LogP contribution in [0.15, 0.2) is 30.3 Å². The summed E-state index contributed by atoms with van der Waals surface area (Å²) in [6.45, 7) is 0. The number of rotatable bonds is 2. The highest BCUT2D eigenvalue weighted by molar-refractivity contribution is 6.42. The smallest absolute Gasteiger partial charge is 0.148 e. The molecule has 0 amide bonds. The van der Waals surface area contributed by atoms with E-state index < -0.39 is 0 Å². The molecule has 1 aromatic carbocycles. The molecule has 0 saturated heterocycles. The molecule has 18 heavy (non-hydrogen) atoms. The van der Waals surface area contributed by atoms with Gasteiger partial charge in [-0.15, -0.1) is 0 Å². The largest absolute Gasteiger partial charge is 0.378 e. The lowest BCUT2D eigenvalue weighted by Crippen LogP contribution is -2.07. The van der Waals surface area contributed by atoms with Crippen LogP contribution >= 0.6 is 34.8 Å². The Morgan fingerprint density at radius 2 is 1.56 bits per heavy atom. The summed E-state index contributed by atoms with van der Waals surface area (Å²) in [5.74, 6) is 0. The molecule has 2 nitrogen and oxygen atoms in total. The number of pyridine rings is 1. The SMILES string of the molecule is CN(C)c1ccc(-c2nc(Cl)c(Cl)cc2Cl)cc1. The van der Waals surface area contributed by atoms with Crippen molar-refractivity contribution in [1.29, 1.82) is 0 Å². The molecular weight excluding hydrogens is 291 g/mol. The van der Waals surface area contributed by atoms with Crippen molar-refractivity contribution in [3.05, 3.63) is 45.5 Å². The van der Waals surface area contributed by atoms with Gasteiger partial charge in [-0.05, 0) is 18.2 Å². The van der Waals surface area contributed by atoms with Gasteiger partial charge in [0.2, 0.25) is 0 Å². The van der Waals surface area contributed by atoms with Crippen LogP contribution in [0.1, 0.15) is 0 Å². The number of hydrogen-bond acceptors (Lipinski definition) is 2. The number of halogens is 3. The van der Waals surface area contributed by atoms with E-state index in [1.807, 2.05) is 43.3 Å². The van der Waals surface area contributed by atoms with Crippen LogP contribution in [0, 0.1) is 0 Å². The average Bonchev–Trinajstić information content (AvgIpc) is 2.34. The third kappa shape index (κ3) is 2.72. The van der Waals surface area contributed by atoms with Crippen molar-refractivity contribution in [1.82, 2.24) is 4.98 Å². The van der Waals surface area contributed by atoms with E-state index in [1.54, 1.807) is 6.07 Å². The van der Waals surface area contributed by atoms with E-state index in [0.717, 1.165) is 11.3 Å². The van der Waals surface area contributed by atoms with Gasteiger partial charge in [0.1, 0.15) is 5.15 Å². The van der Waals surface area contributed by atoms with E-state index in [4.69, 9.17) is 34.8 Å². The van der Waals surface area contributed by atoms with Crippen LogP contribution in [0.3, 0.4) is 0 Å². The summed E-state index contributed by atoms with van der Waals surface area (Å²) in [7, 11) is 3.97. The highest BCUT2D eigenvalue weighted by Gasteiger charge is 2.10. The van der Waals surface area contributed by atoms with Gasteiger partial charge in [0, 0.05) is 25.3 Å². The molecule has 0 aliphatic carbocycles. The minimum absolute atomic E-state index is 0.257. The summed E-state index contributed by atoms with van der Waals surface area (Å²) in [6, 6.07) is 9.50. The van der Waals surface area contributed by atoms with Gasteiger partial charge in [0.15, 0.2) is 0 Å². The predicted molar refractivity (Wildman–Crippen MR) is 79.0 cm³/mol. The third-order valence-corrected chi connectivity index (χ3v) is 3.50. The first kappa shape index (κ1) is 13.5. The van der Waals surface area contributed by atoms with Gasteiger partial charge in [-0.25, -0.2) is 4.98 Å². The van der Waals surface area contributed by atoms with Crippen LogP contribution in [0.4, 0.5) is 5.69 Å². The van der Waals surface area contributed by atoms with Gasteiger partial charge in [-0.1, -0.05) is 46.9 Å². The summed E-state index contributed by atoms with van der Waals surface area (Å²) < 4.78 is 0. The van der Waals surface area contributed by atoms with Gasteiger partial charge >= 0.3 is 0 Å². The van der Waals surface area contributed by atoms with E-state index in [9.17, 15) is 0 Å². The first-order valence-electron chi connectivity index (χ1n) is 5.28. The molecule has 0 aliphatic heterocycles. The average molecular weight is 302 g/mol. The van der Waals surface area contributed by atoms with Crippen molar-refractivity contribution in [2.45, 2.75) is 0 Å². The maximum absolute atomic E-state index is 6.12. The van der Waals surface area contributed by atoms with Crippen LogP contribution < -0.4 is 4.90 Å². The molecule has 2 aromatic rings. The first-order valence-corrected chi connectivity index (χ1v) is 6.41. The molecule has 0 saturated carbocycles. The van der Waals surface area contributed by atoms with E-state index in [-0.39, 0.29) is 5.15 Å². The van der Waals surface area contributed by atoms with Gasteiger partial charge < -0.3 is 4.90 Å². The Labute approximate surface area is 121 Å². The highest BCUT2D eigenvalue weighted by Crippen LogP contribution is 2.32. The Hall–Kier alpha value is -0.960. The second-order valence-electron chi connectivity index (χ2n) is 4.03. The number of anilines is 1. The topological polar surface area (TPSA) is 16.1 Å². The molecule has 1 heterocycles. The molecule has 0 spiro atoms. The van der Waals surface area contributed by atoms with E-state index in [1.165, 1.54) is 0 Å². The molecule has 94 valence electrons. The lowest BCUT2D eigenvalue weighted by Gasteiger charge is -2.13. The zero-order valence-corrected chi connectivity index (χ0v) is 12.2. The number of benzene rings is 1. The molecule has 2 rings (SSSR count). The molecular formula is C13H11Cl3N2. The summed E-state index contributed by atoms with van der Waals surface area (Å²) >= 11 is 17.9. The summed E-state index contributed by atoms with van der Waals surface area (Å²) in [5, 5.41) is 1.10. The van der Waals surface area contributed by atoms with Crippen molar-refractivity contribution >= 4 is 40.5 Å². The Morgan fingerprint density at radius 3 is 2.11 bits per heavy atom. The molecule has 0 N–H and O–H groups in total. The Kier molecular flexibility index (Phi) is 4.00. The van der Waals surface area contributed by atoms with Crippen LogP contribution in [0.25, 0.3) is 11.3 Å². The lowest BCUT2D eigenvalue weighted by molar-refractivity contribution is 1.13. The van der Waals surface area contributed by atoms with Crippen LogP contribution in [0.5, 0.6) is 0 Å². The first-order chi connectivity index (χ1) is 8.49. The van der Waals surface area contributed by atoms with E-state index in [2.05, 4.69) is 4.98 Å². The standard InChI is InChI=1S/C13H11Cl3N2/c1-18(2)9-5-3-8(4-6-9)12-10(14)7-11(15)13(16)17-12/h3-7H,1-2H3. The zero-order valence-electron chi connectivity index (χ0n) is 9.92. The monoisotopic (exact) mass is 300 g/mol. The summed E-state index contributed by atoms with van der Waals surface area (Å²) in [6.07, 6.45) is 0. The fourth-order valence-corrected chi connectivity index (χ4v) is 2.17. The maximum Gasteiger partial charge on any atom is 0.148 e. The fraction of sp³-hybridized carbons (Fsp3) is 0.154. The molecule has 5 heteroatoms. The Balaban J connectivity index is 2.46. The number of nitrogens with zero attached hydrogens (tertiary/aromatic N) is 2. The second-order valence-corrected chi connectivity index (χ2v) is 5.21. The lowest BCUT2D eigenvalue weighted by atomic mass is 10.1. The van der Waals surface area contributed by atoms with Crippen molar-refractivity contribution in [2.75, 3.05) is 19.0 Å². The minimum atomic E-state index is 0.257. The van der Waals surface area contributed by atoms with Gasteiger partial charge in [-0.3, -0.25) is 0 Å². The Bertz CT molecular complexity index is 565. The van der Waals surface area contributed by atoms with E-state index >= 15 is 0 Å².